The quantitative estimate of drug-likeness (QED) is 0.489. The Balaban J connectivity index is 2.07. The van der Waals surface area contributed by atoms with Crippen LogP contribution in [-0.4, -0.2) is 22.8 Å². The van der Waals surface area contributed by atoms with E-state index in [-0.39, 0.29) is 11.1 Å². The molecule has 0 aliphatic heterocycles. The molecular weight excluding hydrogens is 309 g/mol. The van der Waals surface area contributed by atoms with Crippen LogP contribution in [0.1, 0.15) is 11.1 Å². The van der Waals surface area contributed by atoms with Crippen molar-refractivity contribution in [3.8, 4) is 0 Å². The number of nitrogens with one attached hydrogen (secondary N) is 1. The molecule has 0 unspecified atom stereocenters. The Labute approximate surface area is 132 Å². The van der Waals surface area contributed by atoms with E-state index in [0.29, 0.717) is 12.4 Å². The third-order valence-corrected chi connectivity index (χ3v) is 3.77. The summed E-state index contributed by atoms with van der Waals surface area (Å²) in [4.78, 5) is 8.36. The number of nitrogens with zero attached hydrogens (tertiary/aromatic N) is 2. The fourth-order valence-corrected chi connectivity index (χ4v) is 2.67. The van der Waals surface area contributed by atoms with E-state index in [4.69, 9.17) is 11.6 Å². The van der Waals surface area contributed by atoms with Crippen LogP contribution in [-0.2, 0) is 6.42 Å². The van der Waals surface area contributed by atoms with Gasteiger partial charge < -0.3 is 5.32 Å². The molecule has 0 saturated carbocycles. The van der Waals surface area contributed by atoms with Crippen molar-refractivity contribution in [2.45, 2.75) is 11.4 Å². The van der Waals surface area contributed by atoms with E-state index >= 15 is 0 Å². The second-order valence-corrected chi connectivity index (χ2v) is 5.40. The molecule has 6 heteroatoms. The zero-order valence-corrected chi connectivity index (χ0v) is 13.1. The van der Waals surface area contributed by atoms with E-state index in [1.165, 1.54) is 23.9 Å². The first-order chi connectivity index (χ1) is 10.1. The van der Waals surface area contributed by atoms with Crippen LogP contribution in [0.3, 0.4) is 0 Å². The number of rotatable bonds is 6. The maximum absolute atomic E-state index is 12.8. The molecule has 0 spiro atoms. The molecule has 3 nitrogen and oxygen atoms in total. The minimum atomic E-state index is -0.229. The molecule has 0 bridgehead atoms. The molecule has 110 valence electrons. The number of hydrogen-bond donors (Lipinski definition) is 1. The van der Waals surface area contributed by atoms with Crippen molar-refractivity contribution >= 4 is 35.3 Å². The molecule has 0 aliphatic carbocycles. The lowest BCUT2D eigenvalue weighted by Crippen LogP contribution is -2.09. The summed E-state index contributed by atoms with van der Waals surface area (Å²) >= 11 is 7.41. The average molecular weight is 324 g/mol. The first kappa shape index (κ1) is 15.8. The summed E-state index contributed by atoms with van der Waals surface area (Å²) < 4.78 is 12.8. The number of thioether (sulfide) groups is 1. The fourth-order valence-electron chi connectivity index (χ4n) is 1.87. The van der Waals surface area contributed by atoms with Crippen molar-refractivity contribution < 1.29 is 4.39 Å². The SMILES string of the molecule is C=Cc1c(NCCc2ccc(F)cc2)nc(Cl)nc1SC. The second-order valence-electron chi connectivity index (χ2n) is 4.27. The highest BCUT2D eigenvalue weighted by molar-refractivity contribution is 7.98. The van der Waals surface area contributed by atoms with Crippen LogP contribution in [0.4, 0.5) is 10.2 Å². The lowest BCUT2D eigenvalue weighted by molar-refractivity contribution is 0.627. The summed E-state index contributed by atoms with van der Waals surface area (Å²) in [5.41, 5.74) is 1.89. The highest BCUT2D eigenvalue weighted by Gasteiger charge is 2.10. The van der Waals surface area contributed by atoms with Crippen molar-refractivity contribution in [1.82, 2.24) is 9.97 Å². The first-order valence-corrected chi connectivity index (χ1v) is 7.96. The van der Waals surface area contributed by atoms with Crippen LogP contribution in [0.15, 0.2) is 35.9 Å². The van der Waals surface area contributed by atoms with Gasteiger partial charge in [0.05, 0.1) is 0 Å². The van der Waals surface area contributed by atoms with Crippen molar-refractivity contribution in [2.75, 3.05) is 18.1 Å². The monoisotopic (exact) mass is 323 g/mol. The van der Waals surface area contributed by atoms with Crippen molar-refractivity contribution in [3.63, 3.8) is 0 Å². The van der Waals surface area contributed by atoms with Crippen LogP contribution in [0, 0.1) is 5.82 Å². The molecule has 2 aromatic rings. The Morgan fingerprint density at radius 1 is 1.33 bits per heavy atom. The van der Waals surface area contributed by atoms with Gasteiger partial charge in [0, 0.05) is 12.1 Å². The average Bonchev–Trinajstić information content (AvgIpc) is 2.48. The van der Waals surface area contributed by atoms with Gasteiger partial charge in [-0.3, -0.25) is 0 Å². The maximum Gasteiger partial charge on any atom is 0.225 e. The van der Waals surface area contributed by atoms with Crippen LogP contribution in [0.5, 0.6) is 0 Å². The molecule has 0 aliphatic rings. The van der Waals surface area contributed by atoms with Gasteiger partial charge in [0.25, 0.3) is 0 Å². The standard InChI is InChI=1S/C15H15ClFN3S/c1-3-12-13(19-15(16)20-14(12)21-2)18-9-8-10-4-6-11(17)7-5-10/h3-7H,1,8-9H2,2H3,(H,18,19,20). The zero-order valence-electron chi connectivity index (χ0n) is 11.6. The molecule has 2 rings (SSSR count). The number of anilines is 1. The summed E-state index contributed by atoms with van der Waals surface area (Å²) in [5, 5.41) is 4.22. The third kappa shape index (κ3) is 4.19. The number of hydrogen-bond acceptors (Lipinski definition) is 4. The minimum Gasteiger partial charge on any atom is -0.369 e. The van der Waals surface area contributed by atoms with Crippen LogP contribution < -0.4 is 5.32 Å². The number of aromatic nitrogens is 2. The molecule has 1 N–H and O–H groups in total. The molecule has 21 heavy (non-hydrogen) atoms. The minimum absolute atomic E-state index is 0.203. The highest BCUT2D eigenvalue weighted by atomic mass is 35.5. The molecule has 0 radical (unpaired) electrons. The Bertz CT molecular complexity index is 632. The van der Waals surface area contributed by atoms with Gasteiger partial charge in [-0.15, -0.1) is 11.8 Å². The van der Waals surface area contributed by atoms with Gasteiger partial charge in [0.15, 0.2) is 0 Å². The van der Waals surface area contributed by atoms with E-state index in [0.717, 1.165) is 22.6 Å². The van der Waals surface area contributed by atoms with Gasteiger partial charge in [-0.1, -0.05) is 24.8 Å². The summed E-state index contributed by atoms with van der Waals surface area (Å²) in [6, 6.07) is 6.45. The van der Waals surface area contributed by atoms with Gasteiger partial charge in [0.2, 0.25) is 5.28 Å². The van der Waals surface area contributed by atoms with Gasteiger partial charge in [-0.2, -0.15) is 0 Å². The fraction of sp³-hybridized carbons (Fsp3) is 0.200. The molecule has 1 aromatic heterocycles. The molecule has 1 aromatic carbocycles. The molecule has 0 atom stereocenters. The molecule has 0 saturated heterocycles. The van der Waals surface area contributed by atoms with Gasteiger partial charge >= 0.3 is 0 Å². The predicted molar refractivity (Wildman–Crippen MR) is 87.5 cm³/mol. The third-order valence-electron chi connectivity index (χ3n) is 2.90. The Morgan fingerprint density at radius 2 is 2.05 bits per heavy atom. The van der Waals surface area contributed by atoms with E-state index in [9.17, 15) is 4.39 Å². The van der Waals surface area contributed by atoms with Crippen LogP contribution in [0.25, 0.3) is 6.08 Å². The lowest BCUT2D eigenvalue weighted by atomic mass is 10.1. The van der Waals surface area contributed by atoms with Crippen molar-refractivity contribution in [2.24, 2.45) is 0 Å². The smallest absolute Gasteiger partial charge is 0.225 e. The topological polar surface area (TPSA) is 37.8 Å². The van der Waals surface area contributed by atoms with Crippen LogP contribution >= 0.6 is 23.4 Å². The van der Waals surface area contributed by atoms with Crippen LogP contribution in [0.2, 0.25) is 5.28 Å². The van der Waals surface area contributed by atoms with Crippen molar-refractivity contribution in [1.29, 1.82) is 0 Å². The molecule has 0 amide bonds. The Kier molecular flexibility index (Phi) is 5.59. The Morgan fingerprint density at radius 3 is 2.67 bits per heavy atom. The molecule has 0 fully saturated rings. The predicted octanol–water partition coefficient (Wildman–Crippen LogP) is 4.29. The highest BCUT2D eigenvalue weighted by Crippen LogP contribution is 2.26. The zero-order chi connectivity index (χ0) is 15.2. The van der Waals surface area contributed by atoms with Gasteiger partial charge in [0.1, 0.15) is 16.7 Å². The Hall–Kier alpha value is -1.59. The normalized spacial score (nSPS) is 10.4. The summed E-state index contributed by atoms with van der Waals surface area (Å²) in [6.45, 7) is 4.45. The van der Waals surface area contributed by atoms with E-state index in [1.807, 2.05) is 6.26 Å². The summed E-state index contributed by atoms with van der Waals surface area (Å²) in [6.07, 6.45) is 4.39. The van der Waals surface area contributed by atoms with Gasteiger partial charge in [-0.05, 0) is 42.0 Å². The lowest BCUT2D eigenvalue weighted by Gasteiger charge is -2.11. The van der Waals surface area contributed by atoms with E-state index in [1.54, 1.807) is 18.2 Å². The molecular formula is C15H15ClFN3S. The summed E-state index contributed by atoms with van der Waals surface area (Å²) in [7, 11) is 0. The first-order valence-electron chi connectivity index (χ1n) is 6.36. The largest absolute Gasteiger partial charge is 0.369 e. The number of benzene rings is 1. The number of halogens is 2. The summed E-state index contributed by atoms with van der Waals surface area (Å²) in [5.74, 6) is 0.435. The molecule has 1 heterocycles. The maximum atomic E-state index is 12.8. The second kappa shape index (κ2) is 7.43. The van der Waals surface area contributed by atoms with E-state index in [2.05, 4.69) is 21.9 Å². The van der Waals surface area contributed by atoms with Gasteiger partial charge in [-0.25, -0.2) is 14.4 Å². The van der Waals surface area contributed by atoms with Crippen molar-refractivity contribution in [3.05, 3.63) is 53.1 Å². The van der Waals surface area contributed by atoms with E-state index < -0.39 is 0 Å².